The van der Waals surface area contributed by atoms with Gasteiger partial charge in [-0.2, -0.15) is 0 Å². The molecule has 2 rings (SSSR count). The average Bonchev–Trinajstić information content (AvgIpc) is 2.22. The van der Waals surface area contributed by atoms with Crippen molar-refractivity contribution < 1.29 is 4.74 Å². The third-order valence-electron chi connectivity index (χ3n) is 1.81. The first-order valence-electron chi connectivity index (χ1n) is 4.51. The summed E-state index contributed by atoms with van der Waals surface area (Å²) in [6, 6.07) is 0. The summed E-state index contributed by atoms with van der Waals surface area (Å²) in [5.41, 5.74) is 6.81. The van der Waals surface area contributed by atoms with Gasteiger partial charge in [-0.3, -0.25) is 0 Å². The summed E-state index contributed by atoms with van der Waals surface area (Å²) in [5, 5.41) is 2.86. The lowest BCUT2D eigenvalue weighted by atomic mass is 10.2. The minimum Gasteiger partial charge on any atom is -0.445 e. The van der Waals surface area contributed by atoms with Crippen LogP contribution in [-0.2, 0) is 4.74 Å². The van der Waals surface area contributed by atoms with Crippen molar-refractivity contribution in [3.63, 3.8) is 0 Å². The molecule has 1 aliphatic carbocycles. The van der Waals surface area contributed by atoms with Crippen molar-refractivity contribution in [2.24, 2.45) is 4.99 Å². The monoisotopic (exact) mass is 198 g/mol. The summed E-state index contributed by atoms with van der Waals surface area (Å²) in [6.07, 6.45) is 7.03. The first-order valence-corrected chi connectivity index (χ1v) is 4.51. The summed E-state index contributed by atoms with van der Waals surface area (Å²) >= 11 is 0. The highest BCUT2D eigenvalue weighted by atomic mass is 16.5. The summed E-state index contributed by atoms with van der Waals surface area (Å²) in [6.45, 7) is 5.62. The number of ether oxygens (including phenoxy) is 1. The second-order valence-electron chi connectivity index (χ2n) is 3.16. The van der Waals surface area contributed by atoms with E-state index >= 15 is 0 Å². The Hall–Kier alpha value is -2.21. The van der Waals surface area contributed by atoms with Crippen LogP contribution in [0.4, 0.5) is 0 Å². The maximum absolute atomic E-state index is 5.51. The van der Waals surface area contributed by atoms with Crippen LogP contribution in [0.3, 0.4) is 0 Å². The third kappa shape index (κ3) is 2.38. The molecule has 3 heteroatoms. The molecule has 0 spiro atoms. The Morgan fingerprint density at radius 1 is 1.53 bits per heavy atom. The molecule has 0 saturated heterocycles. The highest BCUT2D eigenvalue weighted by Gasteiger charge is 2.04. The lowest BCUT2D eigenvalue weighted by Gasteiger charge is -2.10. The van der Waals surface area contributed by atoms with Crippen LogP contribution in [0.15, 0.2) is 64.3 Å². The van der Waals surface area contributed by atoms with E-state index in [0.29, 0.717) is 17.3 Å². The van der Waals surface area contributed by atoms with Gasteiger partial charge in [-0.15, -0.1) is 0 Å². The summed E-state index contributed by atoms with van der Waals surface area (Å²) < 4.78 is 5.51. The summed E-state index contributed by atoms with van der Waals surface area (Å²) in [7, 11) is 0. The molecule has 0 saturated carbocycles. The largest absolute Gasteiger partial charge is 0.445 e. The van der Waals surface area contributed by atoms with Gasteiger partial charge in [0.2, 0.25) is 0 Å². The van der Waals surface area contributed by atoms with Crippen LogP contribution in [0.1, 0.15) is 6.92 Å². The van der Waals surface area contributed by atoms with E-state index in [0.717, 1.165) is 5.57 Å². The minimum atomic E-state index is 0.599. The predicted octanol–water partition coefficient (Wildman–Crippen LogP) is 2.14. The molecule has 0 atom stereocenters. The fourth-order valence-corrected chi connectivity index (χ4v) is 1.11. The number of hydrogen-bond donors (Lipinski definition) is 1. The van der Waals surface area contributed by atoms with E-state index in [1.165, 1.54) is 0 Å². The van der Waals surface area contributed by atoms with E-state index in [1.807, 2.05) is 19.1 Å². The zero-order valence-corrected chi connectivity index (χ0v) is 8.37. The van der Waals surface area contributed by atoms with Gasteiger partial charge in [0.05, 0.1) is 6.21 Å². The second-order valence-corrected chi connectivity index (χ2v) is 3.16. The number of nitrogens with zero attached hydrogens (tertiary/aromatic N) is 1. The Balaban J connectivity index is 2.12. The van der Waals surface area contributed by atoms with E-state index in [-0.39, 0.29) is 0 Å². The van der Waals surface area contributed by atoms with Crippen molar-refractivity contribution in [3.05, 3.63) is 59.3 Å². The second kappa shape index (κ2) is 3.89. The molecule has 74 valence electrons. The lowest BCUT2D eigenvalue weighted by molar-refractivity contribution is 0.343. The van der Waals surface area contributed by atoms with Crippen molar-refractivity contribution in [1.82, 2.24) is 5.32 Å². The van der Waals surface area contributed by atoms with E-state index < -0.39 is 0 Å². The Morgan fingerprint density at radius 3 is 3.07 bits per heavy atom. The van der Waals surface area contributed by atoms with Gasteiger partial charge >= 0.3 is 0 Å². The molecule has 0 aromatic carbocycles. The molecule has 1 aliphatic heterocycles. The molecule has 0 amide bonds. The SMILES string of the molecule is C=C1N=CC(OC2=C=C=CC(C)=C2)=CN1. The molecule has 1 N–H and O–H groups in total. The van der Waals surface area contributed by atoms with Gasteiger partial charge in [0.1, 0.15) is 5.82 Å². The fourth-order valence-electron chi connectivity index (χ4n) is 1.11. The first kappa shape index (κ1) is 9.35. The van der Waals surface area contributed by atoms with Crippen LogP contribution in [0, 0.1) is 0 Å². The van der Waals surface area contributed by atoms with Crippen LogP contribution in [-0.4, -0.2) is 6.21 Å². The van der Waals surface area contributed by atoms with Crippen LogP contribution >= 0.6 is 0 Å². The molecular formula is C12H10N2O. The minimum absolute atomic E-state index is 0.599. The highest BCUT2D eigenvalue weighted by molar-refractivity contribution is 5.78. The quantitative estimate of drug-likeness (QED) is 0.690. The maximum atomic E-state index is 5.51. The molecule has 0 fully saturated rings. The number of rotatable bonds is 2. The Labute approximate surface area is 88.2 Å². The third-order valence-corrected chi connectivity index (χ3v) is 1.81. The zero-order chi connectivity index (χ0) is 10.7. The van der Waals surface area contributed by atoms with Crippen molar-refractivity contribution >= 4 is 6.21 Å². The summed E-state index contributed by atoms with van der Waals surface area (Å²) in [4.78, 5) is 3.98. The van der Waals surface area contributed by atoms with E-state index in [2.05, 4.69) is 28.4 Å². The molecule has 0 bridgehead atoms. The standard InChI is InChI=1S/C12H10N2O/c1-9-4-3-5-11(6-9)15-12-7-13-10(2)14-8-12/h4,6-8,13H,2H2,1H3. The summed E-state index contributed by atoms with van der Waals surface area (Å²) in [5.74, 6) is 1.85. The Bertz CT molecular complexity index is 494. The van der Waals surface area contributed by atoms with Gasteiger partial charge in [-0.1, -0.05) is 12.3 Å². The van der Waals surface area contributed by atoms with Crippen LogP contribution in [0.2, 0.25) is 0 Å². The molecule has 0 aromatic heterocycles. The smallest absolute Gasteiger partial charge is 0.178 e. The van der Waals surface area contributed by atoms with Gasteiger partial charge in [-0.05, 0) is 30.4 Å². The molecular weight excluding hydrogens is 188 g/mol. The van der Waals surface area contributed by atoms with Crippen molar-refractivity contribution in [1.29, 1.82) is 0 Å². The molecule has 1 heterocycles. The maximum Gasteiger partial charge on any atom is 0.178 e. The molecule has 2 aliphatic rings. The zero-order valence-electron chi connectivity index (χ0n) is 8.37. The number of hydrogen-bond acceptors (Lipinski definition) is 3. The van der Waals surface area contributed by atoms with Gasteiger partial charge in [0.15, 0.2) is 11.5 Å². The van der Waals surface area contributed by atoms with Gasteiger partial charge in [-0.25, -0.2) is 4.99 Å². The van der Waals surface area contributed by atoms with Gasteiger partial charge in [0, 0.05) is 6.20 Å². The molecule has 15 heavy (non-hydrogen) atoms. The number of allylic oxidation sites excluding steroid dienone is 4. The van der Waals surface area contributed by atoms with Crippen molar-refractivity contribution in [2.45, 2.75) is 6.92 Å². The topological polar surface area (TPSA) is 33.6 Å². The first-order chi connectivity index (χ1) is 7.24. The average molecular weight is 198 g/mol. The molecule has 3 nitrogen and oxygen atoms in total. The molecule has 0 aromatic rings. The van der Waals surface area contributed by atoms with Gasteiger partial charge in [0.25, 0.3) is 0 Å². The lowest BCUT2D eigenvalue weighted by Crippen LogP contribution is -2.10. The molecule has 0 radical (unpaired) electrons. The van der Waals surface area contributed by atoms with Crippen LogP contribution in [0.5, 0.6) is 0 Å². The van der Waals surface area contributed by atoms with E-state index in [4.69, 9.17) is 4.74 Å². The Kier molecular flexibility index (Phi) is 2.42. The fraction of sp³-hybridized carbons (Fsp3) is 0.0833. The van der Waals surface area contributed by atoms with Gasteiger partial charge < -0.3 is 10.1 Å². The van der Waals surface area contributed by atoms with Crippen molar-refractivity contribution in [2.75, 3.05) is 0 Å². The normalized spacial score (nSPS) is 17.9. The number of nitrogens with one attached hydrogen (secondary N) is 1. The molecule has 0 unspecified atom stereocenters. The Morgan fingerprint density at radius 2 is 2.40 bits per heavy atom. The van der Waals surface area contributed by atoms with E-state index in [9.17, 15) is 0 Å². The van der Waals surface area contributed by atoms with Crippen molar-refractivity contribution in [3.8, 4) is 0 Å². The van der Waals surface area contributed by atoms with Crippen LogP contribution in [0.25, 0.3) is 0 Å². The predicted molar refractivity (Wildman–Crippen MR) is 58.8 cm³/mol. The highest BCUT2D eigenvalue weighted by Crippen LogP contribution is 2.12. The number of aliphatic imine (C=N–C) groups is 1. The van der Waals surface area contributed by atoms with Crippen LogP contribution < -0.4 is 5.32 Å². The van der Waals surface area contributed by atoms with E-state index in [1.54, 1.807) is 12.4 Å².